The molecule has 5 unspecified atom stereocenters. The molecule has 7 nitrogen and oxygen atoms in total. The predicted molar refractivity (Wildman–Crippen MR) is 104 cm³/mol. The first-order valence-electron chi connectivity index (χ1n) is 9.77. The van der Waals surface area contributed by atoms with Gasteiger partial charge in [-0.1, -0.05) is 19.1 Å². The third-order valence-corrected chi connectivity index (χ3v) is 6.88. The molecule has 1 aromatic carbocycles. The van der Waals surface area contributed by atoms with E-state index in [0.717, 1.165) is 12.1 Å². The molecule has 3 aliphatic rings. The van der Waals surface area contributed by atoms with Crippen molar-refractivity contribution in [1.82, 2.24) is 0 Å². The van der Waals surface area contributed by atoms with Crippen LogP contribution in [0.2, 0.25) is 0 Å². The average Bonchev–Trinajstić information content (AvgIpc) is 2.92. The Bertz CT molecular complexity index is 968. The highest BCUT2D eigenvalue weighted by Gasteiger charge is 2.80. The molecule has 3 fully saturated rings. The van der Waals surface area contributed by atoms with Crippen LogP contribution in [0.25, 0.3) is 0 Å². The van der Waals surface area contributed by atoms with Crippen LogP contribution in [0, 0.1) is 62.1 Å². The Morgan fingerprint density at radius 3 is 2.31 bits per heavy atom. The molecule has 4 rings (SSSR count). The average molecular weight is 389 g/mol. The number of hydrogen-bond acceptors (Lipinski definition) is 7. The van der Waals surface area contributed by atoms with Gasteiger partial charge in [-0.3, -0.25) is 5.41 Å². The van der Waals surface area contributed by atoms with Gasteiger partial charge in [-0.2, -0.15) is 15.8 Å². The van der Waals surface area contributed by atoms with Gasteiger partial charge in [0.15, 0.2) is 5.41 Å². The summed E-state index contributed by atoms with van der Waals surface area (Å²) in [5.41, 5.74) is -1.93. The van der Waals surface area contributed by atoms with E-state index >= 15 is 0 Å². The number of anilines is 1. The maximum absolute atomic E-state index is 10.3. The summed E-state index contributed by atoms with van der Waals surface area (Å²) in [6, 6.07) is 13.8. The SMILES string of the molecule is CC1CCC23OC(=N)C(C#N)(C2C1)C(C#N)(C#N)C(c1ccc(N(C)C)cc1)O3. The molecule has 2 bridgehead atoms. The lowest BCUT2D eigenvalue weighted by atomic mass is 9.50. The van der Waals surface area contributed by atoms with E-state index in [4.69, 9.17) is 14.9 Å². The van der Waals surface area contributed by atoms with Crippen LogP contribution in [0.15, 0.2) is 24.3 Å². The third-order valence-electron chi connectivity index (χ3n) is 6.88. The summed E-state index contributed by atoms with van der Waals surface area (Å²) in [4.78, 5) is 1.95. The van der Waals surface area contributed by atoms with E-state index in [1.165, 1.54) is 0 Å². The van der Waals surface area contributed by atoms with E-state index in [1.807, 2.05) is 43.3 Å². The van der Waals surface area contributed by atoms with Crippen molar-refractivity contribution in [2.24, 2.45) is 22.7 Å². The Morgan fingerprint density at radius 1 is 1.10 bits per heavy atom. The maximum atomic E-state index is 10.3. The minimum Gasteiger partial charge on any atom is -0.447 e. The molecule has 1 N–H and O–H groups in total. The number of nitriles is 3. The third kappa shape index (κ3) is 2.21. The van der Waals surface area contributed by atoms with E-state index in [0.29, 0.717) is 24.3 Å². The van der Waals surface area contributed by atoms with Crippen molar-refractivity contribution >= 4 is 11.6 Å². The number of rotatable bonds is 2. The summed E-state index contributed by atoms with van der Waals surface area (Å²) in [6.45, 7) is 2.08. The Morgan fingerprint density at radius 2 is 1.76 bits per heavy atom. The topological polar surface area (TPSA) is 117 Å². The Kier molecular flexibility index (Phi) is 4.12. The highest BCUT2D eigenvalue weighted by Crippen LogP contribution is 2.69. The Hall–Kier alpha value is -3.08. The minimum absolute atomic E-state index is 0.296. The van der Waals surface area contributed by atoms with Crippen LogP contribution >= 0.6 is 0 Å². The second kappa shape index (κ2) is 6.21. The maximum Gasteiger partial charge on any atom is 0.217 e. The van der Waals surface area contributed by atoms with Crippen molar-refractivity contribution in [3.63, 3.8) is 0 Å². The lowest BCUT2D eigenvalue weighted by Gasteiger charge is -2.52. The second-order valence-corrected chi connectivity index (χ2v) is 8.61. The van der Waals surface area contributed by atoms with Crippen LogP contribution < -0.4 is 4.90 Å². The van der Waals surface area contributed by atoms with Crippen molar-refractivity contribution in [2.45, 2.75) is 38.1 Å². The van der Waals surface area contributed by atoms with Gasteiger partial charge in [0, 0.05) is 26.2 Å². The van der Waals surface area contributed by atoms with Gasteiger partial charge in [-0.15, -0.1) is 0 Å². The number of hydrogen-bond donors (Lipinski definition) is 1. The molecule has 1 aliphatic carbocycles. The molecule has 2 heterocycles. The molecular weight excluding hydrogens is 366 g/mol. The Balaban J connectivity index is 1.93. The quantitative estimate of drug-likeness (QED) is 0.827. The van der Waals surface area contributed by atoms with E-state index in [1.54, 1.807) is 0 Å². The monoisotopic (exact) mass is 389 g/mol. The van der Waals surface area contributed by atoms with Crippen LogP contribution in [0.4, 0.5) is 5.69 Å². The van der Waals surface area contributed by atoms with Crippen molar-refractivity contribution in [3.8, 4) is 18.2 Å². The van der Waals surface area contributed by atoms with Crippen molar-refractivity contribution < 1.29 is 9.47 Å². The molecule has 29 heavy (non-hydrogen) atoms. The molecule has 2 aliphatic heterocycles. The molecule has 1 saturated carbocycles. The molecule has 0 radical (unpaired) electrons. The van der Waals surface area contributed by atoms with Crippen molar-refractivity contribution in [1.29, 1.82) is 21.2 Å². The van der Waals surface area contributed by atoms with E-state index in [2.05, 4.69) is 25.1 Å². The molecule has 0 amide bonds. The molecular formula is C22H23N5O2. The summed E-state index contributed by atoms with van der Waals surface area (Å²) in [5.74, 6) is -1.67. The number of nitrogens with zero attached hydrogens (tertiary/aromatic N) is 4. The first kappa shape index (κ1) is 19.2. The predicted octanol–water partition coefficient (Wildman–Crippen LogP) is 3.51. The summed E-state index contributed by atoms with van der Waals surface area (Å²) in [6.07, 6.45) is 0.960. The number of ether oxygens (including phenoxy) is 2. The van der Waals surface area contributed by atoms with E-state index in [9.17, 15) is 15.8 Å². The molecule has 148 valence electrons. The first-order chi connectivity index (χ1) is 13.8. The second-order valence-electron chi connectivity index (χ2n) is 8.61. The van der Waals surface area contributed by atoms with E-state index < -0.39 is 28.6 Å². The van der Waals surface area contributed by atoms with Gasteiger partial charge in [0.1, 0.15) is 6.10 Å². The van der Waals surface area contributed by atoms with Crippen LogP contribution in [0.1, 0.15) is 37.9 Å². The fraction of sp³-hybridized carbons (Fsp3) is 0.545. The van der Waals surface area contributed by atoms with Gasteiger partial charge in [-0.25, -0.2) is 0 Å². The first-order valence-corrected chi connectivity index (χ1v) is 9.77. The smallest absolute Gasteiger partial charge is 0.217 e. The van der Waals surface area contributed by atoms with Crippen LogP contribution in [-0.4, -0.2) is 25.8 Å². The van der Waals surface area contributed by atoms with Gasteiger partial charge >= 0.3 is 0 Å². The summed E-state index contributed by atoms with van der Waals surface area (Å²) < 4.78 is 12.3. The molecule has 7 heteroatoms. The lowest BCUT2D eigenvalue weighted by Crippen LogP contribution is -2.60. The molecule has 0 aromatic heterocycles. The zero-order valence-corrected chi connectivity index (χ0v) is 16.8. The van der Waals surface area contributed by atoms with Crippen LogP contribution in [0.5, 0.6) is 0 Å². The highest BCUT2D eigenvalue weighted by atomic mass is 16.7. The number of nitrogens with one attached hydrogen (secondary N) is 1. The molecule has 0 spiro atoms. The Labute approximate surface area is 170 Å². The summed E-state index contributed by atoms with van der Waals surface area (Å²) in [7, 11) is 3.85. The van der Waals surface area contributed by atoms with Gasteiger partial charge in [0.05, 0.1) is 24.1 Å². The minimum atomic E-state index is -1.87. The fourth-order valence-electron chi connectivity index (χ4n) is 5.28. The van der Waals surface area contributed by atoms with Crippen LogP contribution in [-0.2, 0) is 9.47 Å². The standard InChI is InChI=1S/C22H23N5O2/c1-14-8-9-22-17(10-14)21(13-25,19(26)29-22)20(11-23,12-24)18(28-22)15-4-6-16(7-5-15)27(2)3/h4-7,14,17-18,26H,8-10H2,1-3H3. The number of benzene rings is 1. The zero-order valence-electron chi connectivity index (χ0n) is 16.8. The molecule has 5 atom stereocenters. The fourth-order valence-corrected chi connectivity index (χ4v) is 5.28. The van der Waals surface area contributed by atoms with Crippen molar-refractivity contribution in [3.05, 3.63) is 29.8 Å². The lowest BCUT2D eigenvalue weighted by molar-refractivity contribution is -0.298. The van der Waals surface area contributed by atoms with E-state index in [-0.39, 0.29) is 5.90 Å². The van der Waals surface area contributed by atoms with Gasteiger partial charge in [0.25, 0.3) is 0 Å². The van der Waals surface area contributed by atoms with Crippen molar-refractivity contribution in [2.75, 3.05) is 19.0 Å². The van der Waals surface area contributed by atoms with Gasteiger partial charge < -0.3 is 14.4 Å². The van der Waals surface area contributed by atoms with Gasteiger partial charge in [-0.05, 0) is 36.5 Å². The van der Waals surface area contributed by atoms with Gasteiger partial charge in [0.2, 0.25) is 17.1 Å². The summed E-state index contributed by atoms with van der Waals surface area (Å²) in [5, 5.41) is 39.3. The zero-order chi connectivity index (χ0) is 21.0. The largest absolute Gasteiger partial charge is 0.447 e. The highest BCUT2D eigenvalue weighted by molar-refractivity contribution is 5.89. The molecule has 2 saturated heterocycles. The molecule has 1 aromatic rings. The normalized spacial score (nSPS) is 36.7. The van der Waals surface area contributed by atoms with Crippen LogP contribution in [0.3, 0.4) is 0 Å². The summed E-state index contributed by atoms with van der Waals surface area (Å²) >= 11 is 0.